The zero-order chi connectivity index (χ0) is 21.6. The molecule has 166 valence electrons. The Balaban J connectivity index is 1.78. The summed E-state index contributed by atoms with van der Waals surface area (Å²) in [7, 11) is 0. The van der Waals surface area contributed by atoms with Gasteiger partial charge >= 0.3 is 0 Å². The molecule has 2 aromatic carbocycles. The number of unbranched alkanes of at least 4 members (excludes halogenated alkanes) is 5. The molecule has 0 radical (unpaired) electrons. The van der Waals surface area contributed by atoms with Crippen LogP contribution in [-0.2, 0) is 0 Å². The Morgan fingerprint density at radius 1 is 0.767 bits per heavy atom. The first kappa shape index (κ1) is 24.2. The zero-order valence-electron chi connectivity index (χ0n) is 19.1. The summed E-state index contributed by atoms with van der Waals surface area (Å²) in [5.41, 5.74) is 1.83. The van der Waals surface area contributed by atoms with E-state index in [2.05, 4.69) is 20.8 Å². The lowest BCUT2D eigenvalue weighted by Gasteiger charge is -2.11. The molecular weight excluding hydrogens is 375 g/mol. The molecule has 30 heavy (non-hydrogen) atoms. The normalized spacial score (nSPS) is 12.0. The van der Waals surface area contributed by atoms with Gasteiger partial charge in [0.25, 0.3) is 0 Å². The van der Waals surface area contributed by atoms with Gasteiger partial charge in [-0.25, -0.2) is 4.39 Å². The molecule has 0 bridgehead atoms. The van der Waals surface area contributed by atoms with Gasteiger partial charge < -0.3 is 9.47 Å². The van der Waals surface area contributed by atoms with E-state index < -0.39 is 0 Å². The largest absolute Gasteiger partial charge is 0.494 e. The average Bonchev–Trinajstić information content (AvgIpc) is 2.77. The predicted octanol–water partition coefficient (Wildman–Crippen LogP) is 8.44. The highest BCUT2D eigenvalue weighted by molar-refractivity contribution is 5.65. The maximum absolute atomic E-state index is 14.4. The van der Waals surface area contributed by atoms with Gasteiger partial charge in [0.1, 0.15) is 5.75 Å². The van der Waals surface area contributed by atoms with Crippen LogP contribution in [0.5, 0.6) is 11.5 Å². The van der Waals surface area contributed by atoms with Crippen LogP contribution in [0, 0.1) is 11.7 Å². The second-order valence-corrected chi connectivity index (χ2v) is 8.29. The monoisotopic (exact) mass is 414 g/mol. The molecule has 0 spiro atoms. The Morgan fingerprint density at radius 3 is 2.13 bits per heavy atom. The van der Waals surface area contributed by atoms with Gasteiger partial charge in [-0.15, -0.1) is 0 Å². The molecule has 0 saturated carbocycles. The highest BCUT2D eigenvalue weighted by Crippen LogP contribution is 2.27. The third kappa shape index (κ3) is 8.77. The third-order valence-electron chi connectivity index (χ3n) is 5.68. The van der Waals surface area contributed by atoms with Crippen LogP contribution in [0.15, 0.2) is 42.5 Å². The van der Waals surface area contributed by atoms with E-state index in [4.69, 9.17) is 9.47 Å². The Hall–Kier alpha value is -2.03. The van der Waals surface area contributed by atoms with Gasteiger partial charge in [-0.2, -0.15) is 0 Å². The quantitative estimate of drug-likeness (QED) is 0.272. The average molecular weight is 415 g/mol. The van der Waals surface area contributed by atoms with Gasteiger partial charge in [-0.3, -0.25) is 0 Å². The second kappa shape index (κ2) is 14.1. The van der Waals surface area contributed by atoms with Crippen molar-refractivity contribution in [3.05, 3.63) is 48.3 Å². The Labute approximate surface area is 182 Å². The van der Waals surface area contributed by atoms with Crippen LogP contribution >= 0.6 is 0 Å². The molecule has 2 nitrogen and oxygen atoms in total. The molecule has 0 saturated heterocycles. The molecule has 0 aliphatic heterocycles. The van der Waals surface area contributed by atoms with Crippen molar-refractivity contribution in [2.45, 2.75) is 78.6 Å². The number of rotatable bonds is 15. The van der Waals surface area contributed by atoms with Crippen molar-refractivity contribution in [3.8, 4) is 22.6 Å². The number of hydrogen-bond donors (Lipinski definition) is 0. The van der Waals surface area contributed by atoms with E-state index in [9.17, 15) is 4.39 Å². The lowest BCUT2D eigenvalue weighted by molar-refractivity contribution is 0.281. The fraction of sp³-hybridized carbons (Fsp3) is 0.556. The van der Waals surface area contributed by atoms with Gasteiger partial charge in [0, 0.05) is 0 Å². The minimum absolute atomic E-state index is 0.306. The molecule has 0 N–H and O–H groups in total. The Kier molecular flexibility index (Phi) is 11.4. The first-order valence-electron chi connectivity index (χ1n) is 11.8. The predicted molar refractivity (Wildman–Crippen MR) is 125 cm³/mol. The molecular formula is C27H39FO2. The SMILES string of the molecule is CCCCCCCCOc1ccc(-c2ccc(OCCC[C@@H](C)CC)c(F)c2)cc1. The minimum Gasteiger partial charge on any atom is -0.494 e. The first-order chi connectivity index (χ1) is 14.6. The van der Waals surface area contributed by atoms with E-state index in [1.54, 1.807) is 12.1 Å². The molecule has 2 rings (SSSR count). The number of hydrogen-bond acceptors (Lipinski definition) is 2. The van der Waals surface area contributed by atoms with E-state index in [0.29, 0.717) is 18.3 Å². The fourth-order valence-electron chi connectivity index (χ4n) is 3.43. The smallest absolute Gasteiger partial charge is 0.165 e. The maximum Gasteiger partial charge on any atom is 0.165 e. The summed E-state index contributed by atoms with van der Waals surface area (Å²) < 4.78 is 25.9. The topological polar surface area (TPSA) is 18.5 Å². The van der Waals surface area contributed by atoms with Gasteiger partial charge in [-0.05, 0) is 60.6 Å². The molecule has 3 heteroatoms. The van der Waals surface area contributed by atoms with Crippen molar-refractivity contribution in [1.82, 2.24) is 0 Å². The summed E-state index contributed by atoms with van der Waals surface area (Å²) in [4.78, 5) is 0. The Bertz CT molecular complexity index is 711. The van der Waals surface area contributed by atoms with Crippen molar-refractivity contribution >= 4 is 0 Å². The summed E-state index contributed by atoms with van der Waals surface area (Å²) in [6.07, 6.45) is 10.8. The van der Waals surface area contributed by atoms with Crippen LogP contribution in [0.1, 0.15) is 78.6 Å². The zero-order valence-corrected chi connectivity index (χ0v) is 19.1. The molecule has 0 heterocycles. The highest BCUT2D eigenvalue weighted by atomic mass is 19.1. The maximum atomic E-state index is 14.4. The molecule has 0 aromatic heterocycles. The lowest BCUT2D eigenvalue weighted by Crippen LogP contribution is -2.02. The van der Waals surface area contributed by atoms with Gasteiger partial charge in [0.05, 0.1) is 13.2 Å². The molecule has 0 aliphatic rings. The summed E-state index contributed by atoms with van der Waals surface area (Å²) >= 11 is 0. The van der Waals surface area contributed by atoms with Crippen LogP contribution < -0.4 is 9.47 Å². The third-order valence-corrected chi connectivity index (χ3v) is 5.68. The van der Waals surface area contributed by atoms with E-state index >= 15 is 0 Å². The number of ether oxygens (including phenoxy) is 2. The van der Waals surface area contributed by atoms with Gasteiger partial charge in [-0.1, -0.05) is 77.5 Å². The first-order valence-corrected chi connectivity index (χ1v) is 11.8. The summed E-state index contributed by atoms with van der Waals surface area (Å²) in [5, 5.41) is 0. The van der Waals surface area contributed by atoms with Gasteiger partial charge in [0.15, 0.2) is 11.6 Å². The van der Waals surface area contributed by atoms with Crippen LogP contribution in [0.25, 0.3) is 11.1 Å². The summed E-state index contributed by atoms with van der Waals surface area (Å²) in [6, 6.07) is 13.1. The minimum atomic E-state index is -0.306. The van der Waals surface area contributed by atoms with Crippen molar-refractivity contribution < 1.29 is 13.9 Å². The van der Waals surface area contributed by atoms with Crippen molar-refractivity contribution in [2.24, 2.45) is 5.92 Å². The molecule has 0 fully saturated rings. The standard InChI is InChI=1S/C27H39FO2/c1-4-6-7-8-9-10-19-29-25-16-13-23(14-17-25)24-15-18-27(26(28)21-24)30-20-11-12-22(3)5-2/h13-18,21-22H,4-12,19-20H2,1-3H3/t22-/m0/s1. The molecule has 1 atom stereocenters. The van der Waals surface area contributed by atoms with E-state index in [1.807, 2.05) is 30.3 Å². The summed E-state index contributed by atoms with van der Waals surface area (Å²) in [6.45, 7) is 7.98. The molecule has 0 amide bonds. The summed E-state index contributed by atoms with van der Waals surface area (Å²) in [5.74, 6) is 1.59. The number of halogens is 1. The van der Waals surface area contributed by atoms with Crippen molar-refractivity contribution in [3.63, 3.8) is 0 Å². The van der Waals surface area contributed by atoms with E-state index in [-0.39, 0.29) is 5.82 Å². The fourth-order valence-corrected chi connectivity index (χ4v) is 3.43. The molecule has 2 aromatic rings. The highest BCUT2D eigenvalue weighted by Gasteiger charge is 2.07. The van der Waals surface area contributed by atoms with Crippen LogP contribution in [0.4, 0.5) is 4.39 Å². The number of benzene rings is 2. The van der Waals surface area contributed by atoms with Crippen molar-refractivity contribution in [2.75, 3.05) is 13.2 Å². The van der Waals surface area contributed by atoms with Gasteiger partial charge in [0.2, 0.25) is 0 Å². The van der Waals surface area contributed by atoms with E-state index in [1.165, 1.54) is 38.5 Å². The molecule has 0 unspecified atom stereocenters. The van der Waals surface area contributed by atoms with E-state index in [0.717, 1.165) is 42.7 Å². The Morgan fingerprint density at radius 2 is 1.43 bits per heavy atom. The lowest BCUT2D eigenvalue weighted by atomic mass is 10.0. The molecule has 0 aliphatic carbocycles. The van der Waals surface area contributed by atoms with Crippen molar-refractivity contribution in [1.29, 1.82) is 0 Å². The van der Waals surface area contributed by atoms with Crippen LogP contribution in [-0.4, -0.2) is 13.2 Å². The second-order valence-electron chi connectivity index (χ2n) is 8.29. The van der Waals surface area contributed by atoms with Crippen LogP contribution in [0.3, 0.4) is 0 Å². The van der Waals surface area contributed by atoms with Crippen LogP contribution in [0.2, 0.25) is 0 Å².